The van der Waals surface area contributed by atoms with Crippen LogP contribution in [0.25, 0.3) is 0 Å². The highest BCUT2D eigenvalue weighted by molar-refractivity contribution is 7.73. The quantitative estimate of drug-likeness (QED) is 0.454. The fraction of sp³-hybridized carbons (Fsp3) is 0.364. The van der Waals surface area contributed by atoms with Crippen LogP contribution in [0.5, 0.6) is 0 Å². The lowest BCUT2D eigenvalue weighted by molar-refractivity contribution is 0.526. The minimum Gasteiger partial charge on any atom is -0.324 e. The maximum Gasteiger partial charge on any atom is 0.233 e. The fourth-order valence-corrected chi connectivity index (χ4v) is 2.74. The van der Waals surface area contributed by atoms with E-state index in [1.807, 2.05) is 4.90 Å². The predicted molar refractivity (Wildman–Crippen MR) is 68.1 cm³/mol. The summed E-state index contributed by atoms with van der Waals surface area (Å²) >= 11 is 0. The molecule has 5 nitrogen and oxygen atoms in total. The van der Waals surface area contributed by atoms with Crippen LogP contribution in [0.2, 0.25) is 0 Å². The zero-order valence-corrected chi connectivity index (χ0v) is 10.2. The van der Waals surface area contributed by atoms with Crippen molar-refractivity contribution < 1.29 is 8.42 Å². The van der Waals surface area contributed by atoms with Crippen LogP contribution >= 0.6 is 0 Å². The maximum atomic E-state index is 11.3. The number of hydrazine groups is 1. The second kappa shape index (κ2) is 5.31. The summed E-state index contributed by atoms with van der Waals surface area (Å²) in [5, 5.41) is 0. The molecule has 1 aromatic carbocycles. The van der Waals surface area contributed by atoms with Crippen molar-refractivity contribution in [3.8, 4) is 0 Å². The molecule has 0 amide bonds. The van der Waals surface area contributed by atoms with Crippen molar-refractivity contribution in [2.24, 2.45) is 5.84 Å². The van der Waals surface area contributed by atoms with Crippen molar-refractivity contribution in [2.45, 2.75) is 12.8 Å². The number of hydrogen-bond donors (Lipinski definition) is 2. The van der Waals surface area contributed by atoms with Gasteiger partial charge >= 0.3 is 0 Å². The summed E-state index contributed by atoms with van der Waals surface area (Å²) in [6.07, 6.45) is 2.09. The fourth-order valence-electron chi connectivity index (χ4n) is 2.01. The summed E-state index contributed by atoms with van der Waals surface area (Å²) in [4.78, 5) is 2.29. The lowest BCUT2D eigenvalue weighted by Gasteiger charge is -2.15. The van der Waals surface area contributed by atoms with Crippen LogP contribution in [-0.2, 0) is 10.3 Å². The first-order chi connectivity index (χ1) is 8.22. The summed E-state index contributed by atoms with van der Waals surface area (Å²) in [5.41, 5.74) is 3.98. The first-order valence-corrected chi connectivity index (χ1v) is 6.58. The third-order valence-electron chi connectivity index (χ3n) is 2.85. The molecule has 17 heavy (non-hydrogen) atoms. The summed E-state index contributed by atoms with van der Waals surface area (Å²) < 4.78 is 22.6. The molecule has 6 heteroatoms. The molecule has 0 unspecified atom stereocenters. The van der Waals surface area contributed by atoms with Crippen LogP contribution in [-0.4, -0.2) is 31.4 Å². The van der Waals surface area contributed by atoms with Crippen LogP contribution in [0, 0.1) is 0 Å². The molecule has 0 saturated carbocycles. The van der Waals surface area contributed by atoms with E-state index in [-0.39, 0.29) is 0 Å². The van der Waals surface area contributed by atoms with Crippen LogP contribution in [0.1, 0.15) is 18.4 Å². The monoisotopic (exact) mass is 253 g/mol. The largest absolute Gasteiger partial charge is 0.324 e. The number of nitrogen functional groups attached to an aromatic ring is 1. The third-order valence-corrected chi connectivity index (χ3v) is 3.66. The summed E-state index contributed by atoms with van der Waals surface area (Å²) in [6, 6.07) is 7.05. The van der Waals surface area contributed by atoms with Gasteiger partial charge in [-0.25, -0.2) is 0 Å². The SMILES string of the molecule is NNc1ccc(C(N2CCCC2)=S(=O)=O)cc1. The Balaban J connectivity index is 2.37. The minimum atomic E-state index is -2.21. The van der Waals surface area contributed by atoms with E-state index in [1.54, 1.807) is 24.3 Å². The summed E-state index contributed by atoms with van der Waals surface area (Å²) in [6.45, 7) is 1.61. The lowest BCUT2D eigenvalue weighted by Crippen LogP contribution is -2.29. The van der Waals surface area contributed by atoms with E-state index in [0.29, 0.717) is 10.6 Å². The summed E-state index contributed by atoms with van der Waals surface area (Å²) in [5.74, 6) is 5.27. The second-order valence-corrected chi connectivity index (χ2v) is 4.81. The van der Waals surface area contributed by atoms with E-state index in [1.165, 1.54) is 0 Å². The zero-order chi connectivity index (χ0) is 12.3. The Kier molecular flexibility index (Phi) is 3.78. The molecule has 0 atom stereocenters. The van der Waals surface area contributed by atoms with Gasteiger partial charge in [-0.2, -0.15) is 8.42 Å². The van der Waals surface area contributed by atoms with Crippen molar-refractivity contribution >= 4 is 21.0 Å². The average Bonchev–Trinajstić information content (AvgIpc) is 2.83. The van der Waals surface area contributed by atoms with E-state index in [9.17, 15) is 8.42 Å². The highest BCUT2D eigenvalue weighted by Crippen LogP contribution is 2.15. The molecule has 0 spiro atoms. The molecular formula is C11H15N3O2S. The number of rotatable bonds is 2. The van der Waals surface area contributed by atoms with Crippen LogP contribution in [0.3, 0.4) is 0 Å². The standard InChI is InChI=1S/C11H15N3O2S/c12-13-10-5-3-9(4-6-10)11(17(15)16)14-7-1-2-8-14/h3-6,13H,1-2,7-8,12H2. The molecule has 1 aliphatic heterocycles. The molecule has 1 saturated heterocycles. The van der Waals surface area contributed by atoms with E-state index >= 15 is 0 Å². The minimum absolute atomic E-state index is 0.381. The maximum absolute atomic E-state index is 11.3. The van der Waals surface area contributed by atoms with Crippen LogP contribution in [0.4, 0.5) is 5.69 Å². The Labute approximate surface area is 102 Å². The van der Waals surface area contributed by atoms with Gasteiger partial charge in [0, 0.05) is 24.3 Å². The van der Waals surface area contributed by atoms with Crippen LogP contribution < -0.4 is 11.3 Å². The number of nitrogens with two attached hydrogens (primary N) is 1. The van der Waals surface area contributed by atoms with Crippen molar-refractivity contribution in [1.29, 1.82) is 0 Å². The Bertz CT molecular complexity index is 508. The van der Waals surface area contributed by atoms with Gasteiger partial charge in [-0.3, -0.25) is 10.7 Å². The number of likely N-dealkylation sites (tertiary alicyclic amines) is 1. The van der Waals surface area contributed by atoms with Gasteiger partial charge in [0.05, 0.1) is 0 Å². The topological polar surface area (TPSA) is 75.4 Å². The van der Waals surface area contributed by atoms with Gasteiger partial charge in [-0.05, 0) is 25.0 Å². The number of anilines is 1. The molecule has 0 bridgehead atoms. The molecule has 1 heterocycles. The number of nitrogens with zero attached hydrogens (tertiary/aromatic N) is 1. The molecule has 0 radical (unpaired) electrons. The molecule has 2 rings (SSSR count). The van der Waals surface area contributed by atoms with Gasteiger partial charge in [0.15, 0.2) is 0 Å². The molecule has 3 N–H and O–H groups in total. The Morgan fingerprint density at radius 3 is 2.24 bits per heavy atom. The molecule has 1 aromatic rings. The van der Waals surface area contributed by atoms with Gasteiger partial charge in [0.1, 0.15) is 4.99 Å². The molecule has 1 fully saturated rings. The van der Waals surface area contributed by atoms with Gasteiger partial charge < -0.3 is 5.43 Å². The number of hydrogen-bond acceptors (Lipinski definition) is 4. The third kappa shape index (κ3) is 2.66. The highest BCUT2D eigenvalue weighted by atomic mass is 32.2. The van der Waals surface area contributed by atoms with Crippen molar-refractivity contribution in [3.63, 3.8) is 0 Å². The Morgan fingerprint density at radius 1 is 1.18 bits per heavy atom. The smallest absolute Gasteiger partial charge is 0.233 e. The van der Waals surface area contributed by atoms with E-state index in [0.717, 1.165) is 31.6 Å². The Hall–Kier alpha value is -1.37. The molecule has 1 aliphatic rings. The molecular weight excluding hydrogens is 238 g/mol. The average molecular weight is 253 g/mol. The van der Waals surface area contributed by atoms with Crippen molar-refractivity contribution in [3.05, 3.63) is 29.8 Å². The second-order valence-electron chi connectivity index (χ2n) is 3.96. The zero-order valence-electron chi connectivity index (χ0n) is 9.39. The van der Waals surface area contributed by atoms with Crippen LogP contribution in [0.15, 0.2) is 24.3 Å². The lowest BCUT2D eigenvalue weighted by atomic mass is 10.2. The highest BCUT2D eigenvalue weighted by Gasteiger charge is 2.20. The molecule has 92 valence electrons. The predicted octanol–water partition coefficient (Wildman–Crippen LogP) is 0.425. The molecule has 0 aliphatic carbocycles. The Morgan fingerprint density at radius 2 is 1.76 bits per heavy atom. The van der Waals surface area contributed by atoms with E-state index < -0.39 is 10.3 Å². The van der Waals surface area contributed by atoms with Gasteiger partial charge in [0.2, 0.25) is 10.3 Å². The van der Waals surface area contributed by atoms with Crippen molar-refractivity contribution in [2.75, 3.05) is 18.5 Å². The first-order valence-electron chi connectivity index (χ1n) is 5.50. The normalized spacial score (nSPS) is 15.8. The summed E-state index contributed by atoms with van der Waals surface area (Å²) in [7, 11) is -2.21. The number of nitrogens with one attached hydrogen (secondary N) is 1. The van der Waals surface area contributed by atoms with Gasteiger partial charge in [0.25, 0.3) is 0 Å². The number of benzene rings is 1. The van der Waals surface area contributed by atoms with Crippen molar-refractivity contribution in [1.82, 2.24) is 4.90 Å². The first kappa shape index (κ1) is 12.1. The van der Waals surface area contributed by atoms with Gasteiger partial charge in [-0.1, -0.05) is 12.1 Å². The van der Waals surface area contributed by atoms with E-state index in [2.05, 4.69) is 5.43 Å². The van der Waals surface area contributed by atoms with Gasteiger partial charge in [-0.15, -0.1) is 0 Å². The van der Waals surface area contributed by atoms with E-state index in [4.69, 9.17) is 5.84 Å². The molecule has 0 aromatic heterocycles.